The Labute approximate surface area is 601 Å². The molecule has 25 nitrogen and oxygen atoms in total. The molecule has 0 unspecified atom stereocenters. The lowest BCUT2D eigenvalue weighted by Crippen LogP contribution is -2.36. The number of aryl methyl sites for hydroxylation is 3. The number of nitrogens with one attached hydrogen (secondary N) is 3. The lowest BCUT2D eigenvalue weighted by molar-refractivity contribution is 0.122. The molecule has 7 N–H and O–H groups in total. The van der Waals surface area contributed by atoms with Gasteiger partial charge in [0.15, 0.2) is 11.5 Å². The lowest BCUT2D eigenvalue weighted by atomic mass is 10.1. The van der Waals surface area contributed by atoms with E-state index in [1.54, 1.807) is 114 Å². The molecule has 2 aliphatic heterocycles. The van der Waals surface area contributed by atoms with Crippen LogP contribution in [0.1, 0.15) is 55.7 Å². The fourth-order valence-corrected chi connectivity index (χ4v) is 13.9. The van der Waals surface area contributed by atoms with E-state index in [-0.39, 0.29) is 10.2 Å². The van der Waals surface area contributed by atoms with Crippen molar-refractivity contribution >= 4 is 130 Å². The number of halogens is 3. The zero-order valence-corrected chi connectivity index (χ0v) is 64.1. The molecule has 4 aromatic heterocycles. The van der Waals surface area contributed by atoms with Crippen molar-refractivity contribution in [3.05, 3.63) is 153 Å². The van der Waals surface area contributed by atoms with Gasteiger partial charge >= 0.3 is 0 Å². The number of hydrogen-bond acceptors (Lipinski definition) is 22. The molecule has 6 heterocycles. The van der Waals surface area contributed by atoms with Gasteiger partial charge in [-0.1, -0.05) is 31.0 Å². The maximum Gasteiger partial charge on any atom is 0.294 e. The smallest absolute Gasteiger partial charge is 0.294 e. The minimum Gasteiger partial charge on any atom is -0.494 e. The zero-order valence-electron chi connectivity index (χ0n) is 57.6. The first-order valence-electron chi connectivity index (χ1n) is 31.5. The van der Waals surface area contributed by atoms with E-state index in [4.69, 9.17) is 55.7 Å². The third-order valence-corrected chi connectivity index (χ3v) is 20.6. The van der Waals surface area contributed by atoms with Crippen molar-refractivity contribution in [2.24, 2.45) is 0 Å². The number of ether oxygens (including phenoxy) is 5. The summed E-state index contributed by atoms with van der Waals surface area (Å²) in [5.74, 6) is 4.41. The van der Waals surface area contributed by atoms with E-state index in [1.165, 1.54) is 31.4 Å². The Morgan fingerprint density at radius 2 is 1.13 bits per heavy atom. The molecular formula is C68H87Br2ClN14O11P2S. The van der Waals surface area contributed by atoms with Crippen LogP contribution >= 0.6 is 57.7 Å². The average Bonchev–Trinajstić information content (AvgIpc) is 1.76. The molecule has 0 spiro atoms. The van der Waals surface area contributed by atoms with Crippen molar-refractivity contribution in [2.75, 3.05) is 133 Å². The number of nitrogens with zero attached hydrogens (tertiary/aromatic N) is 10. The quantitative estimate of drug-likeness (QED) is 0.0190. The van der Waals surface area contributed by atoms with Crippen molar-refractivity contribution in [1.29, 1.82) is 0 Å². The summed E-state index contributed by atoms with van der Waals surface area (Å²) in [7, 11) is -2.74. The van der Waals surface area contributed by atoms with Gasteiger partial charge in [0.2, 0.25) is 11.2 Å². The van der Waals surface area contributed by atoms with Crippen molar-refractivity contribution < 1.29 is 50.9 Å². The number of anilines is 9. The van der Waals surface area contributed by atoms with Gasteiger partial charge in [0.25, 0.3) is 10.1 Å². The largest absolute Gasteiger partial charge is 0.494 e. The number of unbranched alkanes of at least 4 members (excludes halogenated alkanes) is 1. The van der Waals surface area contributed by atoms with Gasteiger partial charge < -0.3 is 69.4 Å². The number of morpholine rings is 1. The number of rotatable bonds is 19. The number of aliphatic hydroxyl groups is 1. The molecular weight excluding hydrogens is 1480 g/mol. The Morgan fingerprint density at radius 3 is 1.60 bits per heavy atom. The molecule has 9 aromatic rings. The molecule has 2 saturated heterocycles. The van der Waals surface area contributed by atoms with Crippen molar-refractivity contribution in [2.45, 2.75) is 64.7 Å². The van der Waals surface area contributed by atoms with Gasteiger partial charge in [-0.15, -0.1) is 0 Å². The summed E-state index contributed by atoms with van der Waals surface area (Å²) in [6, 6.07) is 25.1. The summed E-state index contributed by atoms with van der Waals surface area (Å²) in [6.07, 6.45) is 15.7. The van der Waals surface area contributed by atoms with Crippen LogP contribution in [0.15, 0.2) is 136 Å². The molecule has 11 rings (SSSR count). The van der Waals surface area contributed by atoms with Gasteiger partial charge in [-0.25, -0.2) is 19.3 Å². The Morgan fingerprint density at radius 1 is 0.636 bits per heavy atom. The summed E-state index contributed by atoms with van der Waals surface area (Å²) in [5.41, 5.74) is 15.8. The molecule has 99 heavy (non-hydrogen) atoms. The number of aromatic nitrogens is 8. The Balaban J connectivity index is 0.000000201. The molecule has 0 radical (unpaired) electrons. The zero-order chi connectivity index (χ0) is 72.2. The van der Waals surface area contributed by atoms with Crippen molar-refractivity contribution in [3.8, 4) is 34.4 Å². The van der Waals surface area contributed by atoms with E-state index in [9.17, 15) is 17.5 Å². The molecule has 532 valence electrons. The maximum atomic E-state index is 13.3. The van der Waals surface area contributed by atoms with Gasteiger partial charge in [0.05, 0.1) is 114 Å². The Kier molecular flexibility index (Phi) is 29.0. The minimum absolute atomic E-state index is 0.0666. The number of hydrogen-bond donors (Lipinski definition) is 6. The van der Waals surface area contributed by atoms with Crippen LogP contribution in [0.2, 0.25) is 5.28 Å². The third kappa shape index (κ3) is 22.6. The second-order valence-corrected chi connectivity index (χ2v) is 33.4. The standard InChI is InChI=1S/C29H35BrN7O3P.C16H16BrClN5O2P.C12H18N2O2.C7H8O3S.C4H10O/c1-19-13-20(14-25(40-3)27(19)36-11-7-6-8-12-36)33-29-31-17-23(30)28(35-29)34-24-10-9-21(15-26(24)41(4,5)38)37-18-22(39-2)16-32-37;1-25-11-7-20-23(9-11)10-4-5-13(14(6-10)26(2,3)24)21-15-12(17)8-19-16(18)22-15;1-9-7-10(13)8-11(15-2)12(9)14-3-5-16-6-4-14;1-6-2-4-7(5-3-6)11(8,9)10;1-2-3-4-5/h9-10,13-18H,6-8,11-12H2,1-5H3,(H2,31,33,34,35);4-9H,1-3H3,(H,19,21,22);7-8H,3-6,13H2,1-2H3;2-5H,1H3,(H,8,9,10);5H,2-4H2,1H3. The fourth-order valence-electron chi connectivity index (χ4n) is 10.4. The number of nitrogens with two attached hydrogens (primary N) is 1. The van der Waals surface area contributed by atoms with Crippen LogP contribution < -0.4 is 61.0 Å². The number of aliphatic hydroxyl groups excluding tert-OH is 1. The molecule has 2 aliphatic rings. The van der Waals surface area contributed by atoms with E-state index in [2.05, 4.69) is 110 Å². The lowest BCUT2D eigenvalue weighted by Gasteiger charge is -2.31. The van der Waals surface area contributed by atoms with Crippen LogP contribution in [-0.4, -0.2) is 159 Å². The van der Waals surface area contributed by atoms with Crippen LogP contribution in [-0.2, 0) is 24.0 Å². The van der Waals surface area contributed by atoms with Gasteiger partial charge in [-0.05, 0) is 188 Å². The average molecular weight is 1570 g/mol. The highest BCUT2D eigenvalue weighted by molar-refractivity contribution is 9.11. The molecule has 2 fully saturated rings. The predicted molar refractivity (Wildman–Crippen MR) is 405 cm³/mol. The molecule has 0 saturated carbocycles. The van der Waals surface area contributed by atoms with Crippen LogP contribution in [0, 0.1) is 20.8 Å². The van der Waals surface area contributed by atoms with Crippen LogP contribution in [0.3, 0.4) is 0 Å². The highest BCUT2D eigenvalue weighted by Gasteiger charge is 2.24. The predicted octanol–water partition coefficient (Wildman–Crippen LogP) is 14.0. The summed E-state index contributed by atoms with van der Waals surface area (Å²) in [5, 5.41) is 28.0. The van der Waals surface area contributed by atoms with Crippen LogP contribution in [0.5, 0.6) is 23.0 Å². The molecule has 0 aliphatic carbocycles. The van der Waals surface area contributed by atoms with Gasteiger partial charge in [0.1, 0.15) is 37.4 Å². The summed E-state index contributed by atoms with van der Waals surface area (Å²) >= 11 is 12.8. The number of methoxy groups -OCH3 is 4. The molecule has 0 amide bonds. The van der Waals surface area contributed by atoms with Gasteiger partial charge in [-0.3, -0.25) is 4.55 Å². The van der Waals surface area contributed by atoms with Gasteiger partial charge in [0, 0.05) is 79.3 Å². The van der Waals surface area contributed by atoms with Crippen LogP contribution in [0.25, 0.3) is 11.4 Å². The number of benzene rings is 5. The molecule has 0 atom stereocenters. The Hall–Kier alpha value is -7.78. The molecule has 5 aromatic carbocycles. The topological polar surface area (TPSA) is 311 Å². The van der Waals surface area contributed by atoms with E-state index in [0.29, 0.717) is 66.6 Å². The molecule has 31 heteroatoms. The highest BCUT2D eigenvalue weighted by Crippen LogP contribution is 2.43. The first-order chi connectivity index (χ1) is 47.1. The first-order valence-corrected chi connectivity index (χ1v) is 40.1. The SMILES string of the molecule is CCCCO.COc1cc(N)cc(C)c1N1CCOCC1.COc1cnn(-c2ccc(Nc3nc(Cl)ncc3Br)c(P(C)(C)=O)c2)c1.COc1cnn(-c2ccc(Nc3nc(Nc4cc(C)c(N5CCCCC5)c(OC)c4)ncc3Br)c(P(C)(C)=O)c2)c1.Cc1ccc(S(=O)(=O)O)cc1. The highest BCUT2D eigenvalue weighted by atomic mass is 79.9. The van der Waals surface area contributed by atoms with Gasteiger partial charge in [-0.2, -0.15) is 28.6 Å². The second-order valence-electron chi connectivity index (χ2n) is 23.6. The third-order valence-electron chi connectivity index (χ3n) is 15.3. The fraction of sp³-hybridized carbons (Fsp3) is 0.353. The minimum atomic E-state index is -4.02. The molecule has 0 bridgehead atoms. The second kappa shape index (κ2) is 36.5. The monoisotopic (exact) mass is 1560 g/mol. The van der Waals surface area contributed by atoms with E-state index in [0.717, 1.165) is 115 Å². The summed E-state index contributed by atoms with van der Waals surface area (Å²) in [4.78, 5) is 21.9. The Bertz CT molecular complexity index is 4380. The van der Waals surface area contributed by atoms with E-state index >= 15 is 0 Å². The summed E-state index contributed by atoms with van der Waals surface area (Å²) < 4.78 is 87.4. The van der Waals surface area contributed by atoms with Crippen molar-refractivity contribution in [3.63, 3.8) is 0 Å². The van der Waals surface area contributed by atoms with Crippen LogP contribution in [0.4, 0.5) is 51.7 Å². The van der Waals surface area contributed by atoms with Crippen molar-refractivity contribution in [1.82, 2.24) is 39.5 Å². The van der Waals surface area contributed by atoms with E-state index < -0.39 is 24.4 Å². The number of nitrogen functional groups attached to an aromatic ring is 1. The number of piperidine rings is 1. The van der Waals surface area contributed by atoms with E-state index in [1.807, 2.05) is 61.5 Å². The maximum absolute atomic E-state index is 13.3. The summed E-state index contributed by atoms with van der Waals surface area (Å²) in [6.45, 7) is 20.7. The first kappa shape index (κ1) is 78.6. The normalized spacial score (nSPS) is 13.0.